The maximum Gasteiger partial charge on any atom is 0.127 e. The summed E-state index contributed by atoms with van der Waals surface area (Å²) in [6.07, 6.45) is 2.32. The van der Waals surface area contributed by atoms with E-state index >= 15 is 0 Å². The molecule has 0 aliphatic carbocycles. The van der Waals surface area contributed by atoms with Crippen LogP contribution in [0.15, 0.2) is 18.2 Å². The second-order valence-electron chi connectivity index (χ2n) is 4.81. The van der Waals surface area contributed by atoms with Crippen LogP contribution in [0.1, 0.15) is 24.4 Å². The first-order valence-corrected chi connectivity index (χ1v) is 6.55. The minimum Gasteiger partial charge on any atom is -0.491 e. The van der Waals surface area contributed by atoms with Crippen molar-refractivity contribution in [3.05, 3.63) is 23.8 Å². The Hall–Kier alpha value is -1.26. The van der Waals surface area contributed by atoms with Crippen LogP contribution < -0.4 is 14.8 Å². The number of hydrogen-bond acceptors (Lipinski definition) is 4. The topological polar surface area (TPSA) is 39.7 Å². The number of fused-ring (bicyclic) bond motifs is 1. The van der Waals surface area contributed by atoms with Crippen molar-refractivity contribution in [1.82, 2.24) is 5.32 Å². The maximum atomic E-state index is 5.92. The summed E-state index contributed by atoms with van der Waals surface area (Å²) < 4.78 is 17.0. The highest BCUT2D eigenvalue weighted by molar-refractivity contribution is 5.45. The highest BCUT2D eigenvalue weighted by atomic mass is 16.5. The molecule has 1 N–H and O–H groups in total. The molecule has 0 amide bonds. The Morgan fingerprint density at radius 1 is 1.33 bits per heavy atom. The largest absolute Gasteiger partial charge is 0.491 e. The molecule has 4 heteroatoms. The Morgan fingerprint density at radius 3 is 3.06 bits per heavy atom. The molecule has 1 aromatic rings. The fraction of sp³-hybridized carbons (Fsp3) is 0.571. The van der Waals surface area contributed by atoms with Crippen LogP contribution in [0.5, 0.6) is 11.5 Å². The smallest absolute Gasteiger partial charge is 0.127 e. The molecule has 4 nitrogen and oxygen atoms in total. The number of hydrogen-bond donors (Lipinski definition) is 1. The Labute approximate surface area is 107 Å². The molecule has 1 aromatic carbocycles. The van der Waals surface area contributed by atoms with Crippen molar-refractivity contribution in [3.63, 3.8) is 0 Å². The Morgan fingerprint density at radius 2 is 2.28 bits per heavy atom. The van der Waals surface area contributed by atoms with Crippen molar-refractivity contribution in [2.24, 2.45) is 0 Å². The summed E-state index contributed by atoms with van der Waals surface area (Å²) >= 11 is 0. The van der Waals surface area contributed by atoms with Crippen molar-refractivity contribution >= 4 is 0 Å². The molecule has 2 unspecified atom stereocenters. The van der Waals surface area contributed by atoms with Crippen molar-refractivity contribution in [1.29, 1.82) is 0 Å². The van der Waals surface area contributed by atoms with E-state index in [-0.39, 0.29) is 6.10 Å². The van der Waals surface area contributed by atoms with Gasteiger partial charge in [0, 0.05) is 18.2 Å². The number of nitrogens with one attached hydrogen (secondary N) is 1. The SMILES string of the molecule is CNC1COc2cc(OC3CCCOC3)ccc21. The van der Waals surface area contributed by atoms with Crippen LogP contribution in [0.3, 0.4) is 0 Å². The molecule has 0 saturated carbocycles. The third-order valence-corrected chi connectivity index (χ3v) is 3.54. The van der Waals surface area contributed by atoms with E-state index in [1.165, 1.54) is 5.56 Å². The minimum atomic E-state index is 0.179. The van der Waals surface area contributed by atoms with Gasteiger partial charge in [-0.3, -0.25) is 0 Å². The van der Waals surface area contributed by atoms with Gasteiger partial charge in [-0.15, -0.1) is 0 Å². The van der Waals surface area contributed by atoms with Crippen LogP contribution >= 0.6 is 0 Å². The number of likely N-dealkylation sites (N-methyl/N-ethyl adjacent to an activating group) is 1. The van der Waals surface area contributed by atoms with Gasteiger partial charge in [0.05, 0.1) is 12.6 Å². The highest BCUT2D eigenvalue weighted by Crippen LogP contribution is 2.35. The second-order valence-corrected chi connectivity index (χ2v) is 4.81. The van der Waals surface area contributed by atoms with Crippen LogP contribution in [0, 0.1) is 0 Å². The fourth-order valence-corrected chi connectivity index (χ4v) is 2.50. The zero-order valence-corrected chi connectivity index (χ0v) is 10.6. The zero-order chi connectivity index (χ0) is 12.4. The monoisotopic (exact) mass is 249 g/mol. The number of ether oxygens (including phenoxy) is 3. The molecule has 1 saturated heterocycles. The lowest BCUT2D eigenvalue weighted by atomic mass is 10.1. The van der Waals surface area contributed by atoms with Gasteiger partial charge in [0.15, 0.2) is 0 Å². The molecule has 2 aliphatic rings. The molecule has 98 valence electrons. The van der Waals surface area contributed by atoms with Crippen molar-refractivity contribution < 1.29 is 14.2 Å². The van der Waals surface area contributed by atoms with Gasteiger partial charge in [0.1, 0.15) is 24.2 Å². The average molecular weight is 249 g/mol. The van der Waals surface area contributed by atoms with Gasteiger partial charge in [0.25, 0.3) is 0 Å². The molecule has 1 fully saturated rings. The molecule has 18 heavy (non-hydrogen) atoms. The fourth-order valence-electron chi connectivity index (χ4n) is 2.50. The lowest BCUT2D eigenvalue weighted by molar-refractivity contribution is 0.00736. The molecule has 3 rings (SSSR count). The third-order valence-electron chi connectivity index (χ3n) is 3.54. The first-order valence-electron chi connectivity index (χ1n) is 6.55. The number of benzene rings is 1. The minimum absolute atomic E-state index is 0.179. The van der Waals surface area contributed by atoms with Crippen molar-refractivity contribution in [2.75, 3.05) is 26.9 Å². The van der Waals surface area contributed by atoms with Gasteiger partial charge >= 0.3 is 0 Å². The quantitative estimate of drug-likeness (QED) is 0.888. The molecule has 2 atom stereocenters. The van der Waals surface area contributed by atoms with Crippen LogP contribution in [0.2, 0.25) is 0 Å². The summed E-state index contributed by atoms with van der Waals surface area (Å²) in [5, 5.41) is 3.24. The Bertz CT molecular complexity index is 416. The molecule has 2 aliphatic heterocycles. The number of rotatable bonds is 3. The van der Waals surface area contributed by atoms with Gasteiger partial charge in [-0.1, -0.05) is 0 Å². The van der Waals surface area contributed by atoms with Crippen LogP contribution in [0.25, 0.3) is 0 Å². The second kappa shape index (κ2) is 5.16. The summed E-state index contributed by atoms with van der Waals surface area (Å²) in [7, 11) is 1.95. The predicted molar refractivity (Wildman–Crippen MR) is 68.2 cm³/mol. The summed E-state index contributed by atoms with van der Waals surface area (Å²) in [6, 6.07) is 6.39. The zero-order valence-electron chi connectivity index (χ0n) is 10.6. The highest BCUT2D eigenvalue weighted by Gasteiger charge is 2.23. The molecule has 0 radical (unpaired) electrons. The van der Waals surface area contributed by atoms with E-state index in [0.29, 0.717) is 19.3 Å². The summed E-state index contributed by atoms with van der Waals surface area (Å²) in [5.41, 5.74) is 1.21. The predicted octanol–water partition coefficient (Wildman–Crippen LogP) is 1.90. The van der Waals surface area contributed by atoms with E-state index in [9.17, 15) is 0 Å². The van der Waals surface area contributed by atoms with E-state index in [2.05, 4.69) is 11.4 Å². The first-order chi connectivity index (χ1) is 8.86. The van der Waals surface area contributed by atoms with Gasteiger partial charge < -0.3 is 19.5 Å². The Balaban J connectivity index is 1.70. The molecule has 0 aromatic heterocycles. The lowest BCUT2D eigenvalue weighted by Crippen LogP contribution is -2.27. The van der Waals surface area contributed by atoms with Gasteiger partial charge in [-0.25, -0.2) is 0 Å². The molecule has 0 spiro atoms. The molecule has 2 heterocycles. The molecular formula is C14H19NO3. The molecular weight excluding hydrogens is 230 g/mol. The van der Waals surface area contributed by atoms with Crippen LogP contribution in [-0.4, -0.2) is 33.0 Å². The average Bonchev–Trinajstić information content (AvgIpc) is 2.82. The van der Waals surface area contributed by atoms with E-state index < -0.39 is 0 Å². The summed E-state index contributed by atoms with van der Waals surface area (Å²) in [5.74, 6) is 1.81. The van der Waals surface area contributed by atoms with Crippen LogP contribution in [0.4, 0.5) is 0 Å². The first kappa shape index (κ1) is 11.8. The van der Waals surface area contributed by atoms with E-state index in [1.807, 2.05) is 19.2 Å². The van der Waals surface area contributed by atoms with Crippen molar-refractivity contribution in [2.45, 2.75) is 25.0 Å². The van der Waals surface area contributed by atoms with Crippen molar-refractivity contribution in [3.8, 4) is 11.5 Å². The van der Waals surface area contributed by atoms with Gasteiger partial charge in [-0.2, -0.15) is 0 Å². The summed E-state index contributed by atoms with van der Waals surface area (Å²) in [4.78, 5) is 0. The third kappa shape index (κ3) is 2.31. The Kier molecular flexibility index (Phi) is 3.39. The standard InChI is InChI=1S/C14H19NO3/c1-15-13-9-17-14-7-10(4-5-12(13)14)18-11-3-2-6-16-8-11/h4-5,7,11,13,15H,2-3,6,8-9H2,1H3. The van der Waals surface area contributed by atoms with E-state index in [0.717, 1.165) is 30.9 Å². The van der Waals surface area contributed by atoms with Crippen LogP contribution in [-0.2, 0) is 4.74 Å². The lowest BCUT2D eigenvalue weighted by Gasteiger charge is -2.23. The maximum absolute atomic E-state index is 5.92. The van der Waals surface area contributed by atoms with E-state index in [1.54, 1.807) is 0 Å². The molecule has 0 bridgehead atoms. The normalized spacial score (nSPS) is 26.5. The van der Waals surface area contributed by atoms with E-state index in [4.69, 9.17) is 14.2 Å². The van der Waals surface area contributed by atoms with Gasteiger partial charge in [0.2, 0.25) is 0 Å². The van der Waals surface area contributed by atoms with Gasteiger partial charge in [-0.05, 0) is 32.0 Å². The summed E-state index contributed by atoms with van der Waals surface area (Å²) in [6.45, 7) is 2.25.